The van der Waals surface area contributed by atoms with Crippen molar-refractivity contribution in [3.8, 4) is 17.2 Å². The molecule has 13 nitrogen and oxygen atoms in total. The Morgan fingerprint density at radius 2 is 1.54 bits per heavy atom. The van der Waals surface area contributed by atoms with E-state index in [2.05, 4.69) is 15.2 Å². The number of hydrazine groups is 1. The molecule has 2 aromatic carbocycles. The average molecular weight is 873 g/mol. The van der Waals surface area contributed by atoms with Crippen LogP contribution in [0.15, 0.2) is 47.8 Å². The number of Topliss-reactive ketones (excluding diaryl/α,β-unsaturated/α-hetero) is 1. The Morgan fingerprint density at radius 1 is 0.847 bits per heavy atom. The number of hydrogen-bond donors (Lipinski definition) is 1. The molecule has 1 aromatic heterocycles. The van der Waals surface area contributed by atoms with Crippen LogP contribution in [0.5, 0.6) is 17.2 Å². The highest BCUT2D eigenvalue weighted by atomic mass is 35.5. The van der Waals surface area contributed by atoms with Crippen LogP contribution in [0, 0.1) is 5.41 Å². The lowest BCUT2D eigenvalue weighted by Gasteiger charge is -2.43. The number of benzene rings is 2. The Kier molecular flexibility index (Phi) is 14.9. The highest BCUT2D eigenvalue weighted by Gasteiger charge is 2.50. The van der Waals surface area contributed by atoms with Gasteiger partial charge >= 0.3 is 5.97 Å². The lowest BCUT2D eigenvalue weighted by Crippen LogP contribution is -2.61. The van der Waals surface area contributed by atoms with Gasteiger partial charge in [0, 0.05) is 50.2 Å². The molecule has 59 heavy (non-hydrogen) atoms. The Labute approximate surface area is 360 Å². The standard InChI is InChI=1S/C43H55Cl2N5O8S/c1-6-33(40(53)58-7-2)48-20-22-50(23-21-48)46-41(54)43(38(51)36-9-8-24-59-36)14-17-47(18-15-43)16-12-42(30-10-11-31(44)32(45)27-30)13-19-49(28-42)39(52)29-25-34(55-3)37(57-5)35(26-29)56-4/h8-11,24-27,33H,6-7,12-23,28H2,1-5H3,(H,46,54)/t33-,42+/m1/s1. The predicted octanol–water partition coefficient (Wildman–Crippen LogP) is 6.21. The highest BCUT2D eigenvalue weighted by Crippen LogP contribution is 2.44. The lowest BCUT2D eigenvalue weighted by molar-refractivity contribution is -0.151. The van der Waals surface area contributed by atoms with Gasteiger partial charge in [-0.15, -0.1) is 11.3 Å². The minimum absolute atomic E-state index is 0.152. The van der Waals surface area contributed by atoms with Crippen molar-refractivity contribution in [3.05, 3.63) is 73.9 Å². The number of likely N-dealkylation sites (tertiary alicyclic amines) is 2. The van der Waals surface area contributed by atoms with Crippen molar-refractivity contribution in [3.63, 3.8) is 0 Å². The van der Waals surface area contributed by atoms with E-state index in [1.807, 2.05) is 40.4 Å². The summed E-state index contributed by atoms with van der Waals surface area (Å²) < 4.78 is 21.8. The Bertz CT molecular complexity index is 1940. The molecule has 3 aliphatic heterocycles. The first-order chi connectivity index (χ1) is 28.4. The van der Waals surface area contributed by atoms with Gasteiger partial charge < -0.3 is 28.7 Å². The number of amides is 2. The first-order valence-electron chi connectivity index (χ1n) is 20.2. The van der Waals surface area contributed by atoms with E-state index in [-0.39, 0.29) is 29.6 Å². The minimum Gasteiger partial charge on any atom is -0.493 e. The number of ether oxygens (including phenoxy) is 4. The quantitative estimate of drug-likeness (QED) is 0.100. The van der Waals surface area contributed by atoms with Crippen LogP contribution in [0.25, 0.3) is 0 Å². The number of nitrogens with zero attached hydrogens (tertiary/aromatic N) is 4. The van der Waals surface area contributed by atoms with Crippen LogP contribution >= 0.6 is 34.5 Å². The Morgan fingerprint density at radius 3 is 2.12 bits per heavy atom. The van der Waals surface area contributed by atoms with Crippen molar-refractivity contribution in [1.82, 2.24) is 25.1 Å². The number of thiophene rings is 1. The molecule has 0 unspecified atom stereocenters. The average Bonchev–Trinajstić information content (AvgIpc) is 3.96. The topological polar surface area (TPSA) is 130 Å². The van der Waals surface area contributed by atoms with E-state index in [1.165, 1.54) is 32.7 Å². The third-order valence-electron chi connectivity index (χ3n) is 12.3. The zero-order valence-electron chi connectivity index (χ0n) is 34.5. The molecule has 0 aliphatic carbocycles. The molecule has 0 saturated carbocycles. The Balaban J connectivity index is 1.16. The third kappa shape index (κ3) is 9.53. The van der Waals surface area contributed by atoms with E-state index in [4.69, 9.17) is 42.1 Å². The number of piperidine rings is 1. The van der Waals surface area contributed by atoms with E-state index in [9.17, 15) is 19.2 Å². The number of ketones is 1. The fourth-order valence-electron chi connectivity index (χ4n) is 8.78. The van der Waals surface area contributed by atoms with Crippen LogP contribution in [0.3, 0.4) is 0 Å². The van der Waals surface area contributed by atoms with Gasteiger partial charge in [0.05, 0.1) is 42.9 Å². The second-order valence-electron chi connectivity index (χ2n) is 15.4. The van der Waals surface area contributed by atoms with Crippen molar-refractivity contribution in [1.29, 1.82) is 0 Å². The molecule has 6 rings (SSSR count). The van der Waals surface area contributed by atoms with Gasteiger partial charge in [-0.25, -0.2) is 5.01 Å². The molecule has 0 spiro atoms. The summed E-state index contributed by atoms with van der Waals surface area (Å²) >= 11 is 14.3. The fraction of sp³-hybridized carbons (Fsp3) is 0.535. The van der Waals surface area contributed by atoms with Crippen LogP contribution in [0.1, 0.15) is 71.5 Å². The van der Waals surface area contributed by atoms with Crippen LogP contribution in [-0.4, -0.2) is 136 Å². The number of methoxy groups -OCH3 is 3. The molecule has 16 heteroatoms. The maximum atomic E-state index is 14.3. The predicted molar refractivity (Wildman–Crippen MR) is 228 cm³/mol. The molecular weight excluding hydrogens is 817 g/mol. The number of carbonyl (C=O) groups excluding carboxylic acids is 4. The van der Waals surface area contributed by atoms with Crippen LogP contribution < -0.4 is 19.6 Å². The molecular formula is C43H55Cl2N5O8S. The maximum absolute atomic E-state index is 14.3. The summed E-state index contributed by atoms with van der Waals surface area (Å²) in [6.45, 7) is 9.05. The Hall–Kier alpha value is -3.92. The maximum Gasteiger partial charge on any atom is 0.323 e. The SMILES string of the molecule is CCOC(=O)[C@@H](CC)N1CCN(NC(=O)C2(C(=O)c3cccs3)CCN(CC[C@]3(c4ccc(Cl)c(Cl)c4)CCN(C(=O)c4cc(OC)c(OC)c(OC)c4)C3)CC2)CC1. The summed E-state index contributed by atoms with van der Waals surface area (Å²) in [4.78, 5) is 62.1. The molecule has 1 N–H and O–H groups in total. The summed E-state index contributed by atoms with van der Waals surface area (Å²) in [7, 11) is 4.56. The van der Waals surface area contributed by atoms with Crippen molar-refractivity contribution >= 4 is 58.1 Å². The largest absolute Gasteiger partial charge is 0.493 e. The van der Waals surface area contributed by atoms with Crippen LogP contribution in [-0.2, 0) is 19.7 Å². The molecule has 4 heterocycles. The van der Waals surface area contributed by atoms with Gasteiger partial charge in [0.15, 0.2) is 17.3 Å². The number of halogens is 2. The monoisotopic (exact) mass is 871 g/mol. The smallest absolute Gasteiger partial charge is 0.323 e. The molecule has 3 aromatic rings. The van der Waals surface area contributed by atoms with Gasteiger partial charge in [-0.2, -0.15) is 0 Å². The van der Waals surface area contributed by atoms with E-state index >= 15 is 0 Å². The van der Waals surface area contributed by atoms with Gasteiger partial charge in [-0.05, 0) is 99.9 Å². The summed E-state index contributed by atoms with van der Waals surface area (Å²) in [5, 5.41) is 4.64. The fourth-order valence-corrected chi connectivity index (χ4v) is 9.84. The first kappa shape index (κ1) is 44.6. The molecule has 3 fully saturated rings. The number of hydrogen-bond acceptors (Lipinski definition) is 12. The summed E-state index contributed by atoms with van der Waals surface area (Å²) in [6.07, 6.45) is 2.77. The summed E-state index contributed by atoms with van der Waals surface area (Å²) in [5.74, 6) is 0.391. The van der Waals surface area contributed by atoms with Gasteiger partial charge in [0.1, 0.15) is 11.5 Å². The van der Waals surface area contributed by atoms with E-state index in [0.717, 1.165) is 5.56 Å². The third-order valence-corrected chi connectivity index (χ3v) is 13.9. The molecule has 3 aliphatic rings. The van der Waals surface area contributed by atoms with Gasteiger partial charge in [0.2, 0.25) is 11.7 Å². The zero-order chi connectivity index (χ0) is 42.3. The second-order valence-corrected chi connectivity index (χ2v) is 17.2. The molecule has 320 valence electrons. The number of esters is 1. The summed E-state index contributed by atoms with van der Waals surface area (Å²) in [6, 6.07) is 12.3. The van der Waals surface area contributed by atoms with Crippen molar-refractivity contribution < 1.29 is 38.1 Å². The van der Waals surface area contributed by atoms with E-state index in [0.29, 0.717) is 135 Å². The van der Waals surface area contributed by atoms with Crippen molar-refractivity contribution in [2.75, 3.05) is 86.8 Å². The molecule has 0 radical (unpaired) electrons. The minimum atomic E-state index is -1.23. The number of carbonyl (C=O) groups is 4. The molecule has 2 amide bonds. The molecule has 0 bridgehead atoms. The van der Waals surface area contributed by atoms with Gasteiger partial charge in [-0.1, -0.05) is 42.3 Å². The normalized spacial score (nSPS) is 20.5. The van der Waals surface area contributed by atoms with Crippen LogP contribution in [0.4, 0.5) is 0 Å². The molecule has 2 atom stereocenters. The highest BCUT2D eigenvalue weighted by molar-refractivity contribution is 7.12. The van der Waals surface area contributed by atoms with Crippen molar-refractivity contribution in [2.45, 2.75) is 57.4 Å². The van der Waals surface area contributed by atoms with E-state index < -0.39 is 10.8 Å². The zero-order valence-corrected chi connectivity index (χ0v) is 36.9. The summed E-state index contributed by atoms with van der Waals surface area (Å²) in [5.41, 5.74) is 2.88. The van der Waals surface area contributed by atoms with Gasteiger partial charge in [0.25, 0.3) is 5.91 Å². The number of nitrogens with one attached hydrogen (secondary N) is 1. The molecule has 3 saturated heterocycles. The number of rotatable bonds is 16. The van der Waals surface area contributed by atoms with Crippen LogP contribution in [0.2, 0.25) is 10.0 Å². The van der Waals surface area contributed by atoms with Crippen molar-refractivity contribution in [2.24, 2.45) is 5.41 Å². The lowest BCUT2D eigenvalue weighted by atomic mass is 9.73. The number of piperazine rings is 1. The van der Waals surface area contributed by atoms with E-state index in [1.54, 1.807) is 31.2 Å². The van der Waals surface area contributed by atoms with Gasteiger partial charge in [-0.3, -0.25) is 29.5 Å². The second kappa shape index (κ2) is 19.6. The first-order valence-corrected chi connectivity index (χ1v) is 21.9.